The molecule has 210 valence electrons. The smallest absolute Gasteiger partial charge is 0.344 e. The first kappa shape index (κ1) is 29.5. The lowest BCUT2D eigenvalue weighted by Crippen LogP contribution is -2.37. The number of nitrogens with zero attached hydrogens (tertiary/aromatic N) is 1. The molecule has 1 fully saturated rings. The summed E-state index contributed by atoms with van der Waals surface area (Å²) in [6.45, 7) is 9.23. The maximum Gasteiger partial charge on any atom is 0.344 e. The van der Waals surface area contributed by atoms with Crippen molar-refractivity contribution in [3.05, 3.63) is 83.4 Å². The Balaban J connectivity index is 1.43. The first-order valence-electron chi connectivity index (χ1n) is 13.8. The fourth-order valence-electron chi connectivity index (χ4n) is 4.26. The molecular formula is C33H37NO5S. The van der Waals surface area contributed by atoms with Crippen LogP contribution < -0.4 is 9.47 Å². The quantitative estimate of drug-likeness (QED) is 0.158. The van der Waals surface area contributed by atoms with Gasteiger partial charge in [0, 0.05) is 41.4 Å². The van der Waals surface area contributed by atoms with Crippen LogP contribution in [-0.2, 0) is 20.7 Å². The second-order valence-electron chi connectivity index (χ2n) is 9.44. The molecule has 1 aliphatic rings. The highest BCUT2D eigenvalue weighted by Crippen LogP contribution is 2.34. The van der Waals surface area contributed by atoms with Crippen LogP contribution >= 0.6 is 11.8 Å². The summed E-state index contributed by atoms with van der Waals surface area (Å²) in [6, 6.07) is 22.4. The minimum absolute atomic E-state index is 0.100. The summed E-state index contributed by atoms with van der Waals surface area (Å²) in [5.41, 5.74) is 3.07. The Bertz CT molecular complexity index is 1300. The van der Waals surface area contributed by atoms with Crippen LogP contribution in [0, 0.1) is 18.8 Å². The van der Waals surface area contributed by atoms with Crippen molar-refractivity contribution in [1.82, 2.24) is 4.90 Å². The van der Waals surface area contributed by atoms with E-state index in [4.69, 9.17) is 18.9 Å². The zero-order chi connectivity index (χ0) is 28.0. The van der Waals surface area contributed by atoms with Crippen LogP contribution in [-0.4, -0.2) is 63.5 Å². The summed E-state index contributed by atoms with van der Waals surface area (Å²) < 4.78 is 22.2. The van der Waals surface area contributed by atoms with Crippen molar-refractivity contribution in [2.75, 3.05) is 52.7 Å². The molecule has 1 aliphatic heterocycles. The van der Waals surface area contributed by atoms with Gasteiger partial charge in [-0.2, -0.15) is 0 Å². The molecule has 0 amide bonds. The number of carbonyl (C=O) groups excluding carboxylic acids is 1. The lowest BCUT2D eigenvalue weighted by molar-refractivity contribution is -0.145. The molecule has 0 aromatic heterocycles. The Hall–Kier alpha value is -3.44. The van der Waals surface area contributed by atoms with E-state index in [-0.39, 0.29) is 12.6 Å². The lowest BCUT2D eigenvalue weighted by Gasteiger charge is -2.26. The zero-order valence-electron chi connectivity index (χ0n) is 23.3. The van der Waals surface area contributed by atoms with E-state index in [1.807, 2.05) is 43.3 Å². The Morgan fingerprint density at radius 1 is 1.00 bits per heavy atom. The molecular weight excluding hydrogens is 522 g/mol. The van der Waals surface area contributed by atoms with Gasteiger partial charge in [-0.1, -0.05) is 53.9 Å². The van der Waals surface area contributed by atoms with Crippen LogP contribution in [0.4, 0.5) is 0 Å². The highest BCUT2D eigenvalue weighted by molar-refractivity contribution is 7.99. The zero-order valence-corrected chi connectivity index (χ0v) is 24.1. The fourth-order valence-corrected chi connectivity index (χ4v) is 5.26. The fraction of sp³-hybridized carbons (Fsp3) is 0.364. The van der Waals surface area contributed by atoms with E-state index in [9.17, 15) is 4.79 Å². The number of esters is 1. The third kappa shape index (κ3) is 9.95. The van der Waals surface area contributed by atoms with Crippen molar-refractivity contribution in [2.24, 2.45) is 0 Å². The van der Waals surface area contributed by atoms with Crippen LogP contribution in [0.15, 0.2) is 76.5 Å². The van der Waals surface area contributed by atoms with E-state index in [1.165, 1.54) is 5.56 Å². The van der Waals surface area contributed by atoms with Gasteiger partial charge in [0.2, 0.25) is 0 Å². The predicted octanol–water partition coefficient (Wildman–Crippen LogP) is 5.78. The average Bonchev–Trinajstić information content (AvgIpc) is 2.96. The van der Waals surface area contributed by atoms with Crippen molar-refractivity contribution >= 4 is 17.7 Å². The molecule has 3 aromatic carbocycles. The molecule has 0 bridgehead atoms. The largest absolute Gasteiger partial charge is 0.493 e. The molecule has 40 heavy (non-hydrogen) atoms. The van der Waals surface area contributed by atoms with Gasteiger partial charge in [-0.05, 0) is 67.8 Å². The van der Waals surface area contributed by atoms with E-state index in [1.54, 1.807) is 18.7 Å². The Morgan fingerprint density at radius 3 is 2.60 bits per heavy atom. The Kier molecular flexibility index (Phi) is 11.8. The van der Waals surface area contributed by atoms with Crippen molar-refractivity contribution in [3.8, 4) is 23.3 Å². The normalized spacial score (nSPS) is 13.2. The van der Waals surface area contributed by atoms with E-state index >= 15 is 0 Å². The average molecular weight is 560 g/mol. The maximum atomic E-state index is 11.6. The molecule has 7 heteroatoms. The van der Waals surface area contributed by atoms with Crippen LogP contribution in [0.25, 0.3) is 0 Å². The summed E-state index contributed by atoms with van der Waals surface area (Å²) in [4.78, 5) is 16.2. The predicted molar refractivity (Wildman–Crippen MR) is 158 cm³/mol. The molecule has 0 radical (unpaired) electrons. The summed E-state index contributed by atoms with van der Waals surface area (Å²) in [5.74, 6) is 7.76. The molecule has 0 N–H and O–H groups in total. The minimum Gasteiger partial charge on any atom is -0.493 e. The number of morpholine rings is 1. The molecule has 0 atom stereocenters. The molecule has 1 saturated heterocycles. The monoisotopic (exact) mass is 559 g/mol. The van der Waals surface area contributed by atoms with Crippen molar-refractivity contribution in [1.29, 1.82) is 0 Å². The van der Waals surface area contributed by atoms with Crippen molar-refractivity contribution in [3.63, 3.8) is 0 Å². The Labute approximate surface area is 242 Å². The molecule has 4 rings (SSSR count). The van der Waals surface area contributed by atoms with Crippen LogP contribution in [0.3, 0.4) is 0 Å². The minimum atomic E-state index is -0.372. The summed E-state index contributed by atoms with van der Waals surface area (Å²) >= 11 is 1.65. The van der Waals surface area contributed by atoms with E-state index < -0.39 is 0 Å². The summed E-state index contributed by atoms with van der Waals surface area (Å²) in [6.07, 6.45) is 1.65. The summed E-state index contributed by atoms with van der Waals surface area (Å²) in [7, 11) is 0. The van der Waals surface area contributed by atoms with Crippen LogP contribution in [0.1, 0.15) is 30.0 Å². The molecule has 0 saturated carbocycles. The van der Waals surface area contributed by atoms with Gasteiger partial charge in [0.1, 0.15) is 11.5 Å². The van der Waals surface area contributed by atoms with E-state index in [0.29, 0.717) is 25.4 Å². The van der Waals surface area contributed by atoms with Gasteiger partial charge in [0.05, 0.1) is 26.4 Å². The number of aryl methyl sites for hydroxylation is 1. The second kappa shape index (κ2) is 16.0. The highest BCUT2D eigenvalue weighted by Gasteiger charge is 2.11. The number of hydrogen-bond acceptors (Lipinski definition) is 7. The highest BCUT2D eigenvalue weighted by atomic mass is 32.2. The molecule has 3 aromatic rings. The third-order valence-electron chi connectivity index (χ3n) is 6.27. The van der Waals surface area contributed by atoms with Gasteiger partial charge in [-0.25, -0.2) is 4.79 Å². The second-order valence-corrected chi connectivity index (χ2v) is 10.6. The van der Waals surface area contributed by atoms with Gasteiger partial charge in [0.25, 0.3) is 0 Å². The van der Waals surface area contributed by atoms with Crippen LogP contribution in [0.5, 0.6) is 11.5 Å². The standard InChI is InChI=1S/C33H37NO5S/c1-3-37-33(35)25-39-32-14-13-30(21-26(32)2)40-31-23-28(12-7-11-27-9-5-4-6-10-27)22-29(24-31)38-18-8-15-34-16-19-36-20-17-34/h4-6,9-10,13-14,21-24H,3,8,11,15-20,25H2,1-2H3. The van der Waals surface area contributed by atoms with Crippen molar-refractivity contribution in [2.45, 2.75) is 36.5 Å². The topological polar surface area (TPSA) is 57.2 Å². The van der Waals surface area contributed by atoms with E-state index in [2.05, 4.69) is 47.1 Å². The van der Waals surface area contributed by atoms with Gasteiger partial charge in [-0.3, -0.25) is 4.90 Å². The summed E-state index contributed by atoms with van der Waals surface area (Å²) in [5, 5.41) is 0. The number of ether oxygens (including phenoxy) is 4. The molecule has 1 heterocycles. The number of benzene rings is 3. The van der Waals surface area contributed by atoms with Crippen LogP contribution in [0.2, 0.25) is 0 Å². The number of rotatable bonds is 12. The molecule has 0 spiro atoms. The molecule has 0 unspecified atom stereocenters. The SMILES string of the molecule is CCOC(=O)COc1ccc(Sc2cc(C#CCc3ccccc3)cc(OCCCN3CCOCC3)c2)cc1C. The number of hydrogen-bond donors (Lipinski definition) is 0. The first-order chi connectivity index (χ1) is 19.6. The number of carbonyl (C=O) groups is 1. The first-order valence-corrected chi connectivity index (χ1v) is 14.6. The third-order valence-corrected chi connectivity index (χ3v) is 7.23. The maximum absolute atomic E-state index is 11.6. The lowest BCUT2D eigenvalue weighted by atomic mass is 10.1. The van der Waals surface area contributed by atoms with Crippen molar-refractivity contribution < 1.29 is 23.7 Å². The van der Waals surface area contributed by atoms with Gasteiger partial charge >= 0.3 is 5.97 Å². The van der Waals surface area contributed by atoms with E-state index in [0.717, 1.165) is 65.9 Å². The molecule has 6 nitrogen and oxygen atoms in total. The van der Waals surface area contributed by atoms with Gasteiger partial charge in [-0.15, -0.1) is 0 Å². The molecule has 0 aliphatic carbocycles. The van der Waals surface area contributed by atoms with Gasteiger partial charge < -0.3 is 18.9 Å². The van der Waals surface area contributed by atoms with Gasteiger partial charge in [0.15, 0.2) is 6.61 Å². The Morgan fingerprint density at radius 2 is 1.82 bits per heavy atom.